The van der Waals surface area contributed by atoms with Gasteiger partial charge in [0.1, 0.15) is 0 Å². The van der Waals surface area contributed by atoms with E-state index < -0.39 is 27.1 Å². The normalized spacial score (nSPS) is 12.8. The predicted molar refractivity (Wildman–Crippen MR) is 59.2 cm³/mol. The smallest absolute Gasteiger partial charge is 0.212 e. The van der Waals surface area contributed by atoms with Crippen LogP contribution in [-0.4, -0.2) is 14.3 Å². The van der Waals surface area contributed by atoms with E-state index in [-0.39, 0.29) is 0 Å². The van der Waals surface area contributed by atoms with Gasteiger partial charge in [-0.1, -0.05) is 24.3 Å². The summed E-state index contributed by atoms with van der Waals surface area (Å²) < 4.78 is 47.5. The summed E-state index contributed by atoms with van der Waals surface area (Å²) in [4.78, 5) is 0. The molecule has 0 amide bonds. The van der Waals surface area contributed by atoms with E-state index >= 15 is 0 Å². The third kappa shape index (κ3) is 4.90. The fourth-order valence-electron chi connectivity index (χ4n) is 1.39. The molecule has 2 nitrogen and oxygen atoms in total. The summed E-state index contributed by atoms with van der Waals surface area (Å²) in [6, 6.07) is 6.15. The van der Waals surface area contributed by atoms with Gasteiger partial charge in [-0.3, -0.25) is 0 Å². The van der Waals surface area contributed by atoms with Crippen LogP contribution < -0.4 is 0 Å². The van der Waals surface area contributed by atoms with Crippen LogP contribution in [0.25, 0.3) is 0 Å². The standard InChI is InChI=1S/C10H11ClF2O2S/c1-10(12,13)6-8-4-2-3-5-9(8)7-16(11,14)15/h2-5H,6-7H2,1H3. The Hall–Kier alpha value is -0.680. The highest BCUT2D eigenvalue weighted by Crippen LogP contribution is 2.23. The van der Waals surface area contributed by atoms with Gasteiger partial charge in [-0.25, -0.2) is 17.2 Å². The second-order valence-corrected chi connectivity index (χ2v) is 6.48. The largest absolute Gasteiger partial charge is 0.249 e. The average Bonchev–Trinajstić information content (AvgIpc) is 2.03. The second-order valence-electron chi connectivity index (χ2n) is 3.70. The van der Waals surface area contributed by atoms with Crippen LogP contribution in [0.4, 0.5) is 8.78 Å². The quantitative estimate of drug-likeness (QED) is 0.787. The Morgan fingerprint density at radius 3 is 2.19 bits per heavy atom. The van der Waals surface area contributed by atoms with Gasteiger partial charge in [0.25, 0.3) is 0 Å². The predicted octanol–water partition coefficient (Wildman–Crippen LogP) is 2.95. The van der Waals surface area contributed by atoms with Gasteiger partial charge in [-0.15, -0.1) is 0 Å². The van der Waals surface area contributed by atoms with Crippen molar-refractivity contribution in [2.45, 2.75) is 25.0 Å². The van der Waals surface area contributed by atoms with E-state index in [0.29, 0.717) is 11.1 Å². The molecule has 0 fully saturated rings. The van der Waals surface area contributed by atoms with Crippen molar-refractivity contribution in [2.75, 3.05) is 0 Å². The lowest BCUT2D eigenvalue weighted by Gasteiger charge is -2.13. The molecule has 16 heavy (non-hydrogen) atoms. The van der Waals surface area contributed by atoms with Gasteiger partial charge in [-0.05, 0) is 18.1 Å². The minimum atomic E-state index is -3.73. The van der Waals surface area contributed by atoms with E-state index in [1.807, 2.05) is 0 Å². The van der Waals surface area contributed by atoms with Crippen LogP contribution in [0.2, 0.25) is 0 Å². The van der Waals surface area contributed by atoms with Gasteiger partial charge in [-0.2, -0.15) is 0 Å². The first-order valence-corrected chi connectivity index (χ1v) is 7.02. The molecule has 0 radical (unpaired) electrons. The molecule has 0 aromatic heterocycles. The molecule has 0 unspecified atom stereocenters. The minimum Gasteiger partial charge on any atom is -0.212 e. The Kier molecular flexibility index (Phi) is 3.91. The highest BCUT2D eigenvalue weighted by atomic mass is 35.7. The van der Waals surface area contributed by atoms with Crippen LogP contribution in [0.1, 0.15) is 18.1 Å². The maximum atomic E-state index is 12.8. The van der Waals surface area contributed by atoms with Crippen LogP contribution >= 0.6 is 10.7 Å². The molecule has 90 valence electrons. The lowest BCUT2D eigenvalue weighted by atomic mass is 10.0. The first-order valence-electron chi connectivity index (χ1n) is 4.54. The maximum Gasteiger partial charge on any atom is 0.249 e. The molecule has 0 bridgehead atoms. The van der Waals surface area contributed by atoms with Gasteiger partial charge in [0.05, 0.1) is 5.75 Å². The molecule has 0 aliphatic rings. The zero-order valence-corrected chi connectivity index (χ0v) is 10.2. The molecule has 1 aromatic rings. The van der Waals surface area contributed by atoms with Crippen LogP contribution in [0.3, 0.4) is 0 Å². The number of halogens is 3. The molecule has 1 rings (SSSR count). The van der Waals surface area contributed by atoms with E-state index in [1.54, 1.807) is 12.1 Å². The summed E-state index contributed by atoms with van der Waals surface area (Å²) in [5.41, 5.74) is 0.623. The van der Waals surface area contributed by atoms with E-state index in [4.69, 9.17) is 10.7 Å². The van der Waals surface area contributed by atoms with Gasteiger partial charge < -0.3 is 0 Å². The van der Waals surface area contributed by atoms with E-state index in [2.05, 4.69) is 0 Å². The fourth-order valence-corrected chi connectivity index (χ4v) is 2.40. The van der Waals surface area contributed by atoms with Crippen LogP contribution in [0.5, 0.6) is 0 Å². The molecule has 0 saturated carbocycles. The number of rotatable bonds is 4. The van der Waals surface area contributed by atoms with Crippen molar-refractivity contribution in [3.63, 3.8) is 0 Å². The molecule has 0 aliphatic carbocycles. The van der Waals surface area contributed by atoms with Crippen molar-refractivity contribution in [1.82, 2.24) is 0 Å². The fraction of sp³-hybridized carbons (Fsp3) is 0.400. The van der Waals surface area contributed by atoms with Crippen LogP contribution in [0, 0.1) is 0 Å². The number of hydrogen-bond donors (Lipinski definition) is 0. The first-order chi connectivity index (χ1) is 7.17. The third-order valence-electron chi connectivity index (χ3n) is 1.95. The van der Waals surface area contributed by atoms with Crippen molar-refractivity contribution in [2.24, 2.45) is 0 Å². The number of benzene rings is 1. The van der Waals surface area contributed by atoms with Crippen molar-refractivity contribution in [3.8, 4) is 0 Å². The lowest BCUT2D eigenvalue weighted by molar-refractivity contribution is 0.0224. The summed E-state index contributed by atoms with van der Waals surface area (Å²) in [6.45, 7) is 0.791. The van der Waals surface area contributed by atoms with Crippen molar-refractivity contribution >= 4 is 19.7 Å². The summed E-state index contributed by atoms with van der Waals surface area (Å²) in [7, 11) is 1.37. The monoisotopic (exact) mass is 268 g/mol. The Bertz CT molecular complexity index is 466. The molecule has 0 aliphatic heterocycles. The molecular formula is C10H11ClF2O2S. The SMILES string of the molecule is CC(F)(F)Cc1ccccc1CS(=O)(=O)Cl. The number of hydrogen-bond acceptors (Lipinski definition) is 2. The zero-order chi connectivity index (χ0) is 12.4. The van der Waals surface area contributed by atoms with Gasteiger partial charge in [0.2, 0.25) is 15.0 Å². The zero-order valence-electron chi connectivity index (χ0n) is 8.58. The molecule has 0 N–H and O–H groups in total. The molecule has 0 saturated heterocycles. The average molecular weight is 269 g/mol. The van der Waals surface area contributed by atoms with E-state index in [0.717, 1.165) is 6.92 Å². The molecule has 1 aromatic carbocycles. The van der Waals surface area contributed by atoms with Crippen LogP contribution in [-0.2, 0) is 21.2 Å². The summed E-state index contributed by atoms with van der Waals surface area (Å²) in [6.07, 6.45) is -0.490. The third-order valence-corrected chi connectivity index (χ3v) is 2.93. The molecule has 0 spiro atoms. The molecular weight excluding hydrogens is 258 g/mol. The molecule has 0 heterocycles. The van der Waals surface area contributed by atoms with Crippen molar-refractivity contribution < 1.29 is 17.2 Å². The Morgan fingerprint density at radius 1 is 1.25 bits per heavy atom. The van der Waals surface area contributed by atoms with Gasteiger partial charge >= 0.3 is 0 Å². The molecule has 0 atom stereocenters. The summed E-state index contributed by atoms with van der Waals surface area (Å²) in [5.74, 6) is -3.30. The van der Waals surface area contributed by atoms with Gasteiger partial charge in [0, 0.05) is 17.1 Å². The Balaban J connectivity index is 3.01. The highest BCUT2D eigenvalue weighted by molar-refractivity contribution is 8.13. The topological polar surface area (TPSA) is 34.1 Å². The Morgan fingerprint density at radius 2 is 1.75 bits per heavy atom. The van der Waals surface area contributed by atoms with Crippen molar-refractivity contribution in [1.29, 1.82) is 0 Å². The molecule has 6 heteroatoms. The summed E-state index contributed by atoms with van der Waals surface area (Å²) >= 11 is 0. The second kappa shape index (κ2) is 4.67. The van der Waals surface area contributed by atoms with Crippen LogP contribution in [0.15, 0.2) is 24.3 Å². The lowest BCUT2D eigenvalue weighted by Crippen LogP contribution is -2.15. The van der Waals surface area contributed by atoms with Crippen molar-refractivity contribution in [3.05, 3.63) is 35.4 Å². The Labute approximate surface area is 97.7 Å². The first kappa shape index (κ1) is 13.4. The number of alkyl halides is 2. The summed E-state index contributed by atoms with van der Waals surface area (Å²) in [5, 5.41) is 0. The van der Waals surface area contributed by atoms with E-state index in [1.165, 1.54) is 12.1 Å². The van der Waals surface area contributed by atoms with Gasteiger partial charge in [0.15, 0.2) is 0 Å². The minimum absolute atomic E-state index is 0.305. The maximum absolute atomic E-state index is 12.8. The highest BCUT2D eigenvalue weighted by Gasteiger charge is 2.23. The van der Waals surface area contributed by atoms with E-state index in [9.17, 15) is 17.2 Å².